The molecule has 146 valence electrons. The van der Waals surface area contributed by atoms with Crippen LogP contribution in [0.5, 0.6) is 0 Å². The maximum absolute atomic E-state index is 12.7. The topological polar surface area (TPSA) is 61.8 Å². The molecule has 1 atom stereocenters. The molecule has 1 aliphatic heterocycles. The smallest absolute Gasteiger partial charge is 0.242 e. The molecular weight excluding hydrogens is 462 g/mol. The molecule has 0 bridgehead atoms. The maximum atomic E-state index is 12.7. The van der Waals surface area contributed by atoms with Crippen LogP contribution in [0.3, 0.4) is 0 Å². The van der Waals surface area contributed by atoms with Crippen LogP contribution in [0.2, 0.25) is 5.02 Å². The molecular formula is C20H19BrClN3O2S. The number of aliphatic imine (C=N–C) groups is 1. The van der Waals surface area contributed by atoms with Crippen molar-refractivity contribution in [3.8, 4) is 0 Å². The summed E-state index contributed by atoms with van der Waals surface area (Å²) in [4.78, 5) is 31.4. The number of aryl methyl sites for hydroxylation is 1. The minimum Gasteiger partial charge on any atom is -0.326 e. The third-order valence-electron chi connectivity index (χ3n) is 4.23. The Bertz CT molecular complexity index is 934. The number of carbonyl (C=O) groups excluding carboxylic acids is 2. The van der Waals surface area contributed by atoms with E-state index in [1.807, 2.05) is 44.2 Å². The van der Waals surface area contributed by atoms with Crippen molar-refractivity contribution >= 4 is 67.6 Å². The Hall–Kier alpha value is -1.83. The van der Waals surface area contributed by atoms with E-state index in [0.717, 1.165) is 15.7 Å². The van der Waals surface area contributed by atoms with Crippen LogP contribution >= 0.6 is 39.3 Å². The first-order valence-electron chi connectivity index (χ1n) is 8.75. The third kappa shape index (κ3) is 4.96. The summed E-state index contributed by atoms with van der Waals surface area (Å²) in [7, 11) is 0. The van der Waals surface area contributed by atoms with Crippen LogP contribution < -0.4 is 5.32 Å². The third-order valence-corrected chi connectivity index (χ3v) is 6.17. The van der Waals surface area contributed by atoms with E-state index < -0.39 is 5.25 Å². The molecule has 28 heavy (non-hydrogen) atoms. The Morgan fingerprint density at radius 1 is 1.29 bits per heavy atom. The minimum absolute atomic E-state index is 0.0747. The molecule has 1 N–H and O–H groups in total. The van der Waals surface area contributed by atoms with Gasteiger partial charge in [0.1, 0.15) is 5.25 Å². The van der Waals surface area contributed by atoms with E-state index >= 15 is 0 Å². The number of halogens is 2. The molecule has 8 heteroatoms. The highest BCUT2D eigenvalue weighted by Crippen LogP contribution is 2.32. The van der Waals surface area contributed by atoms with Gasteiger partial charge in [-0.3, -0.25) is 14.5 Å². The molecule has 0 saturated carbocycles. The molecule has 2 aromatic carbocycles. The Morgan fingerprint density at radius 3 is 2.68 bits per heavy atom. The van der Waals surface area contributed by atoms with Crippen molar-refractivity contribution in [2.75, 3.05) is 11.9 Å². The lowest BCUT2D eigenvalue weighted by Crippen LogP contribution is -2.33. The van der Waals surface area contributed by atoms with E-state index in [4.69, 9.17) is 11.6 Å². The lowest BCUT2D eigenvalue weighted by Gasteiger charge is -2.13. The first-order valence-corrected chi connectivity index (χ1v) is 10.8. The van der Waals surface area contributed by atoms with Crippen molar-refractivity contribution in [3.05, 3.63) is 57.5 Å². The highest BCUT2D eigenvalue weighted by atomic mass is 79.9. The van der Waals surface area contributed by atoms with E-state index in [1.54, 1.807) is 17.0 Å². The monoisotopic (exact) mass is 479 g/mol. The average molecular weight is 481 g/mol. The SMILES string of the molecule is CCN1C(=O)[C@@H](CC(=O)Nc2cc(Cl)ccc2C)SC1=Nc1ccc(Br)cc1. The van der Waals surface area contributed by atoms with Crippen LogP contribution in [0.1, 0.15) is 18.9 Å². The second kappa shape index (κ2) is 9.11. The van der Waals surface area contributed by atoms with Gasteiger partial charge in [0.15, 0.2) is 5.17 Å². The van der Waals surface area contributed by atoms with E-state index in [1.165, 1.54) is 11.8 Å². The lowest BCUT2D eigenvalue weighted by atomic mass is 10.2. The number of hydrogen-bond donors (Lipinski definition) is 1. The van der Waals surface area contributed by atoms with E-state index in [0.29, 0.717) is 22.4 Å². The molecule has 1 saturated heterocycles. The number of rotatable bonds is 5. The van der Waals surface area contributed by atoms with Crippen molar-refractivity contribution in [1.82, 2.24) is 4.90 Å². The normalized spacial score (nSPS) is 18.0. The van der Waals surface area contributed by atoms with Gasteiger partial charge in [0.05, 0.1) is 5.69 Å². The molecule has 0 radical (unpaired) electrons. The number of nitrogens with zero attached hydrogens (tertiary/aromatic N) is 2. The number of carbonyl (C=O) groups is 2. The molecule has 5 nitrogen and oxygen atoms in total. The standard InChI is InChI=1S/C20H19BrClN3O2S/c1-3-25-19(27)17(28-20(25)23-15-8-5-13(21)6-9-15)11-18(26)24-16-10-14(22)7-4-12(16)2/h4-10,17H,3,11H2,1-2H3,(H,24,26)/t17-/m1/s1. The second-order valence-corrected chi connectivity index (χ2v) is 8.79. The highest BCUT2D eigenvalue weighted by molar-refractivity contribution is 9.10. The van der Waals surface area contributed by atoms with Crippen molar-refractivity contribution in [2.24, 2.45) is 4.99 Å². The molecule has 3 rings (SSSR count). The van der Waals surface area contributed by atoms with Crippen LogP contribution in [0.25, 0.3) is 0 Å². The summed E-state index contributed by atoms with van der Waals surface area (Å²) < 4.78 is 0.963. The Kier molecular flexibility index (Phi) is 6.80. The van der Waals surface area contributed by atoms with Gasteiger partial charge >= 0.3 is 0 Å². The Balaban J connectivity index is 1.72. The zero-order valence-electron chi connectivity index (χ0n) is 15.4. The minimum atomic E-state index is -0.492. The fourth-order valence-electron chi connectivity index (χ4n) is 2.74. The predicted molar refractivity (Wildman–Crippen MR) is 119 cm³/mol. The summed E-state index contributed by atoms with van der Waals surface area (Å²) >= 11 is 10.7. The molecule has 0 aromatic heterocycles. The first-order chi connectivity index (χ1) is 13.4. The van der Waals surface area contributed by atoms with Gasteiger partial charge in [-0.25, -0.2) is 4.99 Å². The van der Waals surface area contributed by atoms with Crippen LogP contribution in [0, 0.1) is 6.92 Å². The largest absolute Gasteiger partial charge is 0.326 e. The first kappa shape index (κ1) is 20.9. The Morgan fingerprint density at radius 2 is 2.00 bits per heavy atom. The zero-order valence-corrected chi connectivity index (χ0v) is 18.6. The fraction of sp³-hybridized carbons (Fsp3) is 0.250. The van der Waals surface area contributed by atoms with Gasteiger partial charge in [0, 0.05) is 28.1 Å². The van der Waals surface area contributed by atoms with E-state index in [2.05, 4.69) is 26.2 Å². The van der Waals surface area contributed by atoms with Crippen molar-refractivity contribution < 1.29 is 9.59 Å². The molecule has 0 aliphatic carbocycles. The van der Waals surface area contributed by atoms with E-state index in [-0.39, 0.29) is 18.2 Å². The van der Waals surface area contributed by atoms with Crippen LogP contribution in [0.4, 0.5) is 11.4 Å². The summed E-state index contributed by atoms with van der Waals surface area (Å²) in [6.07, 6.45) is 0.0747. The van der Waals surface area contributed by atoms with Crippen molar-refractivity contribution in [1.29, 1.82) is 0 Å². The zero-order chi connectivity index (χ0) is 20.3. The van der Waals surface area contributed by atoms with Gasteiger partial charge in [-0.2, -0.15) is 0 Å². The van der Waals surface area contributed by atoms with Crippen LogP contribution in [-0.4, -0.2) is 33.7 Å². The molecule has 1 aliphatic rings. The van der Waals surface area contributed by atoms with Crippen molar-refractivity contribution in [2.45, 2.75) is 25.5 Å². The quantitative estimate of drug-likeness (QED) is 0.624. The summed E-state index contributed by atoms with van der Waals surface area (Å²) in [5, 5.41) is 3.52. The van der Waals surface area contributed by atoms with Crippen molar-refractivity contribution in [3.63, 3.8) is 0 Å². The van der Waals surface area contributed by atoms with Gasteiger partial charge in [0.2, 0.25) is 11.8 Å². The van der Waals surface area contributed by atoms with Gasteiger partial charge in [-0.1, -0.05) is 45.4 Å². The molecule has 2 aromatic rings. The number of benzene rings is 2. The fourth-order valence-corrected chi connectivity index (χ4v) is 4.40. The molecule has 2 amide bonds. The van der Waals surface area contributed by atoms with Gasteiger partial charge in [0.25, 0.3) is 0 Å². The highest BCUT2D eigenvalue weighted by Gasteiger charge is 2.38. The van der Waals surface area contributed by atoms with Crippen LogP contribution in [0.15, 0.2) is 51.9 Å². The summed E-state index contributed by atoms with van der Waals surface area (Å²) in [5.41, 5.74) is 2.33. The molecule has 0 spiro atoms. The Labute approximate surface area is 181 Å². The summed E-state index contributed by atoms with van der Waals surface area (Å²) in [6.45, 7) is 4.29. The molecule has 0 unspecified atom stereocenters. The number of anilines is 1. The van der Waals surface area contributed by atoms with Gasteiger partial charge in [-0.15, -0.1) is 0 Å². The van der Waals surface area contributed by atoms with Gasteiger partial charge in [-0.05, 0) is 55.8 Å². The number of thioether (sulfide) groups is 1. The van der Waals surface area contributed by atoms with Gasteiger partial charge < -0.3 is 5.32 Å². The summed E-state index contributed by atoms with van der Waals surface area (Å²) in [5.74, 6) is -0.321. The van der Waals surface area contributed by atoms with E-state index in [9.17, 15) is 9.59 Å². The predicted octanol–water partition coefficient (Wildman–Crippen LogP) is 5.39. The number of amidine groups is 1. The van der Waals surface area contributed by atoms with Crippen LogP contribution in [-0.2, 0) is 9.59 Å². The average Bonchev–Trinajstić information content (AvgIpc) is 2.94. The lowest BCUT2D eigenvalue weighted by molar-refractivity contribution is -0.128. The number of nitrogens with one attached hydrogen (secondary N) is 1. The molecule has 1 fully saturated rings. The summed E-state index contributed by atoms with van der Waals surface area (Å²) in [6, 6.07) is 12.9. The number of hydrogen-bond acceptors (Lipinski definition) is 4. The second-order valence-electron chi connectivity index (χ2n) is 6.27. The maximum Gasteiger partial charge on any atom is 0.242 e. The molecule has 1 heterocycles. The number of amides is 2.